The van der Waals surface area contributed by atoms with Crippen LogP contribution in [0.3, 0.4) is 0 Å². The van der Waals surface area contributed by atoms with E-state index in [0.717, 1.165) is 71.7 Å². The number of aryl methyl sites for hydroxylation is 2. The summed E-state index contributed by atoms with van der Waals surface area (Å²) >= 11 is 0. The maximum absolute atomic E-state index is 10.8. The van der Waals surface area contributed by atoms with Crippen molar-refractivity contribution >= 4 is 43.6 Å². The minimum Gasteiger partial charge on any atom is -0.307 e. The average Bonchev–Trinajstić information content (AvgIpc) is 3.75. The van der Waals surface area contributed by atoms with E-state index >= 15 is 0 Å². The topological polar surface area (TPSA) is 57.4 Å². The van der Waals surface area contributed by atoms with E-state index in [0.29, 0.717) is 11.1 Å². The summed E-state index contributed by atoms with van der Waals surface area (Å²) in [5, 5.41) is 25.3. The largest absolute Gasteiger partial charge is 0.307 e. The van der Waals surface area contributed by atoms with Crippen LogP contribution in [-0.4, -0.2) is 9.13 Å². The second kappa shape index (κ2) is 13.0. The van der Waals surface area contributed by atoms with Crippen LogP contribution in [0.5, 0.6) is 0 Å². The molecule has 0 amide bonds. The van der Waals surface area contributed by atoms with Crippen molar-refractivity contribution in [1.82, 2.24) is 9.13 Å². The van der Waals surface area contributed by atoms with Gasteiger partial charge in [-0.05, 0) is 113 Å². The van der Waals surface area contributed by atoms with Gasteiger partial charge in [-0.25, -0.2) is 0 Å². The highest BCUT2D eigenvalue weighted by atomic mass is 15.1. The lowest BCUT2D eigenvalue weighted by Gasteiger charge is -2.20. The first kappa shape index (κ1) is 32.9. The molecular weight excluding hydrogens is 681 g/mol. The van der Waals surface area contributed by atoms with Gasteiger partial charge in [0.1, 0.15) is 0 Å². The van der Waals surface area contributed by atoms with Crippen molar-refractivity contribution in [1.29, 1.82) is 10.5 Å². The molecule has 262 valence electrons. The van der Waals surface area contributed by atoms with E-state index in [2.05, 4.69) is 175 Å². The van der Waals surface area contributed by atoms with Crippen molar-refractivity contribution < 1.29 is 0 Å². The van der Waals surface area contributed by atoms with Crippen LogP contribution in [-0.2, 0) is 0 Å². The standard InChI is InChI=1S/C52H34N4/c1-33-12-3-5-16-40(33)37-22-24-49-45(27-37)42-18-7-9-20-47(42)55(49)51-29-39(32-54)44(36-15-11-14-35(26-36)31-53)30-52(51)56-48-21-10-8-19-43(48)46-28-38(23-25-50(46)56)41-17-6-4-13-34(41)2/h3-30H,1-2H3. The fourth-order valence-corrected chi connectivity index (χ4v) is 8.62. The normalized spacial score (nSPS) is 11.4. The highest BCUT2D eigenvalue weighted by Crippen LogP contribution is 2.42. The maximum Gasteiger partial charge on any atom is 0.0998 e. The number of hydrogen-bond donors (Lipinski definition) is 0. The first-order valence-electron chi connectivity index (χ1n) is 18.8. The molecule has 4 heteroatoms. The number of rotatable bonds is 5. The van der Waals surface area contributed by atoms with Crippen LogP contribution in [0.2, 0.25) is 0 Å². The molecule has 0 saturated carbocycles. The zero-order chi connectivity index (χ0) is 37.9. The molecule has 0 bridgehead atoms. The van der Waals surface area contributed by atoms with Gasteiger partial charge in [0.15, 0.2) is 0 Å². The van der Waals surface area contributed by atoms with Crippen molar-refractivity contribution in [2.45, 2.75) is 13.8 Å². The smallest absolute Gasteiger partial charge is 0.0998 e. The van der Waals surface area contributed by atoms with Crippen LogP contribution in [0.1, 0.15) is 22.3 Å². The Kier molecular flexibility index (Phi) is 7.66. The molecule has 0 atom stereocenters. The molecule has 0 aliphatic carbocycles. The van der Waals surface area contributed by atoms with Gasteiger partial charge in [0, 0.05) is 27.1 Å². The summed E-state index contributed by atoms with van der Waals surface area (Å²) in [6.45, 7) is 4.31. The fourth-order valence-electron chi connectivity index (χ4n) is 8.62. The summed E-state index contributed by atoms with van der Waals surface area (Å²) < 4.78 is 4.67. The predicted molar refractivity (Wildman–Crippen MR) is 230 cm³/mol. The van der Waals surface area contributed by atoms with Crippen LogP contribution in [0.4, 0.5) is 0 Å². The molecule has 2 heterocycles. The fraction of sp³-hybridized carbons (Fsp3) is 0.0385. The Morgan fingerprint density at radius 3 is 1.39 bits per heavy atom. The lowest BCUT2D eigenvalue weighted by atomic mass is 9.96. The molecule has 56 heavy (non-hydrogen) atoms. The van der Waals surface area contributed by atoms with Gasteiger partial charge in [-0.3, -0.25) is 0 Å². The Bertz CT molecular complexity index is 3310. The molecule has 0 radical (unpaired) electrons. The number of nitriles is 2. The minimum atomic E-state index is 0.531. The van der Waals surface area contributed by atoms with Crippen LogP contribution in [0.15, 0.2) is 170 Å². The van der Waals surface area contributed by atoms with Crippen molar-refractivity contribution in [2.24, 2.45) is 0 Å². The Hall–Kier alpha value is -7.66. The Labute approximate surface area is 325 Å². The van der Waals surface area contributed by atoms with E-state index in [9.17, 15) is 10.5 Å². The molecule has 0 aliphatic heterocycles. The van der Waals surface area contributed by atoms with E-state index in [4.69, 9.17) is 0 Å². The van der Waals surface area contributed by atoms with Crippen LogP contribution in [0.25, 0.3) is 88.4 Å². The van der Waals surface area contributed by atoms with E-state index in [-0.39, 0.29) is 0 Å². The third-order valence-corrected chi connectivity index (χ3v) is 11.3. The van der Waals surface area contributed by atoms with Gasteiger partial charge in [0.25, 0.3) is 0 Å². The SMILES string of the molecule is Cc1ccccc1-c1ccc2c(c1)c1ccccc1n2-c1cc(C#N)c(-c2cccc(C#N)c2)cc1-n1c2ccccc2c2cc(-c3ccccc3C)ccc21. The molecule has 0 unspecified atom stereocenters. The van der Waals surface area contributed by atoms with Crippen LogP contribution >= 0.6 is 0 Å². The molecule has 0 spiro atoms. The molecule has 0 aliphatic rings. The molecule has 10 rings (SSSR count). The monoisotopic (exact) mass is 714 g/mol. The maximum atomic E-state index is 10.8. The molecule has 4 nitrogen and oxygen atoms in total. The number of fused-ring (bicyclic) bond motifs is 6. The summed E-state index contributed by atoms with van der Waals surface area (Å²) in [6.07, 6.45) is 0. The Morgan fingerprint density at radius 2 is 0.857 bits per heavy atom. The van der Waals surface area contributed by atoms with Gasteiger partial charge < -0.3 is 9.13 Å². The third-order valence-electron chi connectivity index (χ3n) is 11.3. The number of hydrogen-bond acceptors (Lipinski definition) is 2. The minimum absolute atomic E-state index is 0.531. The summed E-state index contributed by atoms with van der Waals surface area (Å²) in [4.78, 5) is 0. The van der Waals surface area contributed by atoms with Gasteiger partial charge in [-0.15, -0.1) is 0 Å². The summed E-state index contributed by atoms with van der Waals surface area (Å²) in [6, 6.07) is 64.2. The number of nitrogens with zero attached hydrogens (tertiary/aromatic N) is 4. The van der Waals surface area contributed by atoms with Crippen LogP contribution < -0.4 is 0 Å². The number of para-hydroxylation sites is 2. The van der Waals surface area contributed by atoms with Crippen molar-refractivity contribution in [3.8, 4) is 56.9 Å². The predicted octanol–water partition coefficient (Wildman–Crippen LogP) is 13.2. The summed E-state index contributed by atoms with van der Waals surface area (Å²) in [7, 11) is 0. The Morgan fingerprint density at radius 1 is 0.375 bits per heavy atom. The van der Waals surface area contributed by atoms with Gasteiger partial charge in [-0.2, -0.15) is 10.5 Å². The van der Waals surface area contributed by atoms with Crippen molar-refractivity contribution in [3.63, 3.8) is 0 Å². The number of aromatic nitrogens is 2. The molecule has 2 aromatic heterocycles. The molecular formula is C52H34N4. The molecule has 0 N–H and O–H groups in total. The van der Waals surface area contributed by atoms with Crippen molar-refractivity contribution in [2.75, 3.05) is 0 Å². The first-order chi connectivity index (χ1) is 27.5. The quantitative estimate of drug-likeness (QED) is 0.178. The van der Waals surface area contributed by atoms with Gasteiger partial charge >= 0.3 is 0 Å². The first-order valence-corrected chi connectivity index (χ1v) is 18.8. The highest BCUT2D eigenvalue weighted by Gasteiger charge is 2.23. The molecule has 8 aromatic carbocycles. The van der Waals surface area contributed by atoms with Crippen LogP contribution in [0, 0.1) is 36.5 Å². The van der Waals surface area contributed by atoms with E-state index in [1.54, 1.807) is 6.07 Å². The van der Waals surface area contributed by atoms with Gasteiger partial charge in [0.2, 0.25) is 0 Å². The lowest BCUT2D eigenvalue weighted by Crippen LogP contribution is -2.05. The molecule has 0 saturated heterocycles. The second-order valence-electron chi connectivity index (χ2n) is 14.5. The summed E-state index contributed by atoms with van der Waals surface area (Å²) in [5.41, 5.74) is 15.9. The highest BCUT2D eigenvalue weighted by molar-refractivity contribution is 6.13. The number of benzene rings is 8. The summed E-state index contributed by atoms with van der Waals surface area (Å²) in [5.74, 6) is 0. The van der Waals surface area contributed by atoms with E-state index in [1.807, 2.05) is 24.3 Å². The third kappa shape index (κ3) is 5.12. The van der Waals surface area contributed by atoms with Gasteiger partial charge in [0.05, 0.1) is 56.7 Å². The van der Waals surface area contributed by atoms with E-state index < -0.39 is 0 Å². The Balaban J connectivity index is 1.33. The van der Waals surface area contributed by atoms with E-state index in [1.165, 1.54) is 27.8 Å². The molecule has 0 fully saturated rings. The lowest BCUT2D eigenvalue weighted by molar-refractivity contribution is 1.09. The van der Waals surface area contributed by atoms with Gasteiger partial charge in [-0.1, -0.05) is 109 Å². The zero-order valence-electron chi connectivity index (χ0n) is 31.0. The zero-order valence-corrected chi connectivity index (χ0v) is 31.0. The molecule has 10 aromatic rings. The second-order valence-corrected chi connectivity index (χ2v) is 14.5. The van der Waals surface area contributed by atoms with Crippen molar-refractivity contribution in [3.05, 3.63) is 192 Å². The average molecular weight is 715 g/mol.